The summed E-state index contributed by atoms with van der Waals surface area (Å²) >= 11 is 0. The van der Waals surface area contributed by atoms with Crippen LogP contribution in [0.15, 0.2) is 48.5 Å². The summed E-state index contributed by atoms with van der Waals surface area (Å²) in [4.78, 5) is 24.1. The molecule has 0 unspecified atom stereocenters. The molecule has 2 aromatic rings. The molecule has 0 spiro atoms. The van der Waals surface area contributed by atoms with Gasteiger partial charge in [0.25, 0.3) is 5.91 Å². The van der Waals surface area contributed by atoms with Crippen LogP contribution in [0.2, 0.25) is 0 Å². The van der Waals surface area contributed by atoms with Gasteiger partial charge in [-0.05, 0) is 42.7 Å². The van der Waals surface area contributed by atoms with Crippen molar-refractivity contribution < 1.29 is 19.1 Å². The van der Waals surface area contributed by atoms with E-state index in [1.165, 1.54) is 6.92 Å². The average Bonchev–Trinajstić information content (AvgIpc) is 2.66. The van der Waals surface area contributed by atoms with E-state index in [9.17, 15) is 9.59 Å². The number of nitrogens with zero attached hydrogens (tertiary/aromatic N) is 1. The number of esters is 1. The van der Waals surface area contributed by atoms with E-state index >= 15 is 0 Å². The second kappa shape index (κ2) is 9.39. The zero-order valence-corrected chi connectivity index (χ0v) is 15.6. The lowest BCUT2D eigenvalue weighted by molar-refractivity contribution is -0.155. The third kappa shape index (κ3) is 5.86. The summed E-state index contributed by atoms with van der Waals surface area (Å²) in [5, 5.41) is 11.5. The summed E-state index contributed by atoms with van der Waals surface area (Å²) in [5.41, 5.74) is 1.88. The summed E-state index contributed by atoms with van der Waals surface area (Å²) < 4.78 is 10.7. The number of carbonyl (C=O) groups excluding carboxylic acids is 2. The van der Waals surface area contributed by atoms with Crippen molar-refractivity contribution in [1.82, 2.24) is 0 Å². The minimum atomic E-state index is -0.993. The highest BCUT2D eigenvalue weighted by molar-refractivity contribution is 5.95. The van der Waals surface area contributed by atoms with E-state index in [0.29, 0.717) is 17.0 Å². The molecule has 0 heterocycles. The summed E-state index contributed by atoms with van der Waals surface area (Å²) in [7, 11) is 0. The molecule has 0 saturated heterocycles. The van der Waals surface area contributed by atoms with E-state index in [-0.39, 0.29) is 12.5 Å². The van der Waals surface area contributed by atoms with E-state index in [1.807, 2.05) is 38.1 Å². The molecule has 6 nitrogen and oxygen atoms in total. The van der Waals surface area contributed by atoms with Gasteiger partial charge >= 0.3 is 5.97 Å². The van der Waals surface area contributed by atoms with E-state index in [1.54, 1.807) is 30.3 Å². The molecule has 1 amide bonds. The molecule has 0 saturated carbocycles. The molecular weight excluding hydrogens is 344 g/mol. The molecule has 27 heavy (non-hydrogen) atoms. The second-order valence-electron chi connectivity index (χ2n) is 6.30. The molecule has 0 fully saturated rings. The van der Waals surface area contributed by atoms with Crippen molar-refractivity contribution in [1.29, 1.82) is 5.26 Å². The van der Waals surface area contributed by atoms with Crippen molar-refractivity contribution in [2.24, 2.45) is 0 Å². The monoisotopic (exact) mass is 366 g/mol. The SMILES string of the molecule is CC(C)c1ccccc1OCC(=O)O[C@H](C)C(=O)Nc1cccc(C#N)c1. The zero-order valence-electron chi connectivity index (χ0n) is 15.6. The molecule has 1 N–H and O–H groups in total. The number of benzene rings is 2. The van der Waals surface area contributed by atoms with Crippen LogP contribution in [-0.4, -0.2) is 24.6 Å². The van der Waals surface area contributed by atoms with Crippen molar-refractivity contribution >= 4 is 17.6 Å². The van der Waals surface area contributed by atoms with Gasteiger partial charge in [0.15, 0.2) is 12.7 Å². The number of amides is 1. The largest absolute Gasteiger partial charge is 0.482 e. The highest BCUT2D eigenvalue weighted by atomic mass is 16.6. The quantitative estimate of drug-likeness (QED) is 0.756. The van der Waals surface area contributed by atoms with Crippen LogP contribution in [0, 0.1) is 11.3 Å². The zero-order chi connectivity index (χ0) is 19.8. The Balaban J connectivity index is 1.88. The van der Waals surface area contributed by atoms with Crippen molar-refractivity contribution in [2.75, 3.05) is 11.9 Å². The maximum atomic E-state index is 12.2. The lowest BCUT2D eigenvalue weighted by atomic mass is 10.0. The van der Waals surface area contributed by atoms with Crippen LogP contribution in [0.3, 0.4) is 0 Å². The molecule has 2 rings (SSSR count). The van der Waals surface area contributed by atoms with Gasteiger partial charge in [0.05, 0.1) is 11.6 Å². The molecule has 2 aromatic carbocycles. The van der Waals surface area contributed by atoms with Crippen LogP contribution >= 0.6 is 0 Å². The predicted molar refractivity (Wildman–Crippen MR) is 101 cm³/mol. The van der Waals surface area contributed by atoms with Crippen LogP contribution in [0.5, 0.6) is 5.75 Å². The van der Waals surface area contributed by atoms with Crippen LogP contribution in [0.4, 0.5) is 5.69 Å². The molecule has 1 atom stereocenters. The number of rotatable bonds is 7. The smallest absolute Gasteiger partial charge is 0.344 e. The Labute approximate surface area is 158 Å². The minimum absolute atomic E-state index is 0.256. The highest BCUT2D eigenvalue weighted by Crippen LogP contribution is 2.25. The molecule has 0 bridgehead atoms. The molecule has 140 valence electrons. The second-order valence-corrected chi connectivity index (χ2v) is 6.30. The van der Waals surface area contributed by atoms with Gasteiger partial charge in [-0.1, -0.05) is 38.1 Å². The van der Waals surface area contributed by atoms with E-state index < -0.39 is 18.0 Å². The first kappa shape index (κ1) is 20.0. The van der Waals surface area contributed by atoms with Crippen molar-refractivity contribution in [3.05, 3.63) is 59.7 Å². The number of carbonyl (C=O) groups is 2. The normalized spacial score (nSPS) is 11.4. The molecule has 0 radical (unpaired) electrons. The third-order valence-electron chi connectivity index (χ3n) is 3.82. The number of hydrogen-bond acceptors (Lipinski definition) is 5. The first-order valence-electron chi connectivity index (χ1n) is 8.63. The summed E-state index contributed by atoms with van der Waals surface area (Å²) in [6, 6.07) is 15.9. The predicted octanol–water partition coefficient (Wildman–Crippen LogP) is 3.63. The molecule has 6 heteroatoms. The summed E-state index contributed by atoms with van der Waals surface area (Å²) in [5.74, 6) is -0.246. The Morgan fingerprint density at radius 1 is 1.11 bits per heavy atom. The fourth-order valence-corrected chi connectivity index (χ4v) is 2.42. The van der Waals surface area contributed by atoms with Gasteiger partial charge in [-0.25, -0.2) is 4.79 Å². The highest BCUT2D eigenvalue weighted by Gasteiger charge is 2.19. The number of anilines is 1. The average molecular weight is 366 g/mol. The van der Waals surface area contributed by atoms with Crippen molar-refractivity contribution in [3.63, 3.8) is 0 Å². The van der Waals surface area contributed by atoms with Gasteiger partial charge in [0, 0.05) is 5.69 Å². The Morgan fingerprint density at radius 2 is 1.85 bits per heavy atom. The fourth-order valence-electron chi connectivity index (χ4n) is 2.42. The van der Waals surface area contributed by atoms with Gasteiger partial charge in [0.2, 0.25) is 0 Å². The Bertz CT molecular complexity index is 855. The van der Waals surface area contributed by atoms with Gasteiger partial charge in [-0.3, -0.25) is 4.79 Å². The van der Waals surface area contributed by atoms with E-state index in [4.69, 9.17) is 14.7 Å². The van der Waals surface area contributed by atoms with Gasteiger partial charge < -0.3 is 14.8 Å². The van der Waals surface area contributed by atoms with Gasteiger partial charge in [0.1, 0.15) is 5.75 Å². The third-order valence-corrected chi connectivity index (χ3v) is 3.82. The molecule has 0 aliphatic heterocycles. The number of nitrogens with one attached hydrogen (secondary N) is 1. The van der Waals surface area contributed by atoms with Crippen LogP contribution in [0.1, 0.15) is 37.8 Å². The molecular formula is C21H22N2O4. The maximum absolute atomic E-state index is 12.2. The standard InChI is InChI=1S/C21H22N2O4/c1-14(2)18-9-4-5-10-19(18)26-13-20(24)27-15(3)21(25)23-17-8-6-7-16(11-17)12-22/h4-11,14-15H,13H2,1-3H3,(H,23,25)/t15-/m1/s1. The minimum Gasteiger partial charge on any atom is -0.482 e. The van der Waals surface area contributed by atoms with Gasteiger partial charge in [-0.15, -0.1) is 0 Å². The first-order valence-corrected chi connectivity index (χ1v) is 8.63. The lowest BCUT2D eigenvalue weighted by Gasteiger charge is -2.16. The van der Waals surface area contributed by atoms with Crippen LogP contribution in [-0.2, 0) is 14.3 Å². The Morgan fingerprint density at radius 3 is 2.56 bits per heavy atom. The summed E-state index contributed by atoms with van der Waals surface area (Å²) in [6.07, 6.45) is -0.993. The maximum Gasteiger partial charge on any atom is 0.344 e. The molecule has 0 aliphatic rings. The Hall–Kier alpha value is -3.33. The van der Waals surface area contributed by atoms with Crippen LogP contribution < -0.4 is 10.1 Å². The van der Waals surface area contributed by atoms with E-state index in [0.717, 1.165) is 5.56 Å². The van der Waals surface area contributed by atoms with E-state index in [2.05, 4.69) is 5.32 Å². The summed E-state index contributed by atoms with van der Waals surface area (Å²) in [6.45, 7) is 5.26. The fraction of sp³-hybridized carbons (Fsp3) is 0.286. The van der Waals surface area contributed by atoms with Crippen molar-refractivity contribution in [3.8, 4) is 11.8 Å². The van der Waals surface area contributed by atoms with Crippen molar-refractivity contribution in [2.45, 2.75) is 32.8 Å². The lowest BCUT2D eigenvalue weighted by Crippen LogP contribution is -2.31. The topological polar surface area (TPSA) is 88.4 Å². The number of hydrogen-bond donors (Lipinski definition) is 1. The number of ether oxygens (including phenoxy) is 2. The molecule has 0 aliphatic carbocycles. The number of para-hydroxylation sites is 1. The number of nitriles is 1. The first-order chi connectivity index (χ1) is 12.9. The molecule has 0 aromatic heterocycles. The van der Waals surface area contributed by atoms with Gasteiger partial charge in [-0.2, -0.15) is 5.26 Å². The Kier molecular flexibility index (Phi) is 6.95. The van der Waals surface area contributed by atoms with Crippen LogP contribution in [0.25, 0.3) is 0 Å².